The minimum atomic E-state index is -0.797. The number of urea groups is 1. The zero-order valence-electron chi connectivity index (χ0n) is 17.5. The third-order valence-electron chi connectivity index (χ3n) is 5.00. The smallest absolute Gasteiger partial charge is 0.335 e. The van der Waals surface area contributed by atoms with Crippen molar-refractivity contribution in [1.29, 1.82) is 0 Å². The summed E-state index contributed by atoms with van der Waals surface area (Å²) >= 11 is 9.43. The highest BCUT2D eigenvalue weighted by Crippen LogP contribution is 2.28. The summed E-state index contributed by atoms with van der Waals surface area (Å²) in [5.41, 5.74) is 2.43. The number of anilines is 1. The van der Waals surface area contributed by atoms with E-state index in [1.165, 1.54) is 6.08 Å². The van der Waals surface area contributed by atoms with Crippen molar-refractivity contribution in [2.75, 3.05) is 4.90 Å². The molecular weight excluding hydrogens is 508 g/mol. The second-order valence-electron chi connectivity index (χ2n) is 7.35. The van der Waals surface area contributed by atoms with Gasteiger partial charge in [0.2, 0.25) is 0 Å². The van der Waals surface area contributed by atoms with Crippen molar-refractivity contribution in [3.05, 3.63) is 98.5 Å². The summed E-state index contributed by atoms with van der Waals surface area (Å²) in [7, 11) is 0. The third kappa shape index (κ3) is 4.99. The molecule has 0 atom stereocenters. The van der Waals surface area contributed by atoms with Gasteiger partial charge in [0, 0.05) is 15.1 Å². The van der Waals surface area contributed by atoms with Gasteiger partial charge in [-0.3, -0.25) is 14.9 Å². The number of para-hydroxylation sites is 1. The molecule has 0 unspecified atom stereocenters. The lowest BCUT2D eigenvalue weighted by molar-refractivity contribution is -0.122. The van der Waals surface area contributed by atoms with Gasteiger partial charge in [-0.15, -0.1) is 0 Å². The normalized spacial score (nSPS) is 15.1. The highest BCUT2D eigenvalue weighted by atomic mass is 79.9. The van der Waals surface area contributed by atoms with Crippen molar-refractivity contribution in [3.63, 3.8) is 0 Å². The molecule has 1 N–H and O–H groups in total. The van der Waals surface area contributed by atoms with Gasteiger partial charge in [0.25, 0.3) is 11.8 Å². The molecule has 1 aliphatic heterocycles. The molecule has 1 saturated heterocycles. The van der Waals surface area contributed by atoms with E-state index in [4.69, 9.17) is 16.3 Å². The number of amides is 4. The number of rotatable bonds is 5. The summed E-state index contributed by atoms with van der Waals surface area (Å²) in [6, 6.07) is 18.6. The van der Waals surface area contributed by atoms with Crippen LogP contribution >= 0.6 is 27.5 Å². The van der Waals surface area contributed by atoms with Crippen molar-refractivity contribution < 1.29 is 19.1 Å². The average molecular weight is 526 g/mol. The minimum Gasteiger partial charge on any atom is -0.488 e. The van der Waals surface area contributed by atoms with Crippen LogP contribution in [-0.2, 0) is 16.2 Å². The van der Waals surface area contributed by atoms with Crippen molar-refractivity contribution >= 4 is 57.1 Å². The van der Waals surface area contributed by atoms with Gasteiger partial charge in [0.15, 0.2) is 0 Å². The number of halogens is 2. The summed E-state index contributed by atoms with van der Waals surface area (Å²) in [5, 5.41) is 2.84. The standard InChI is InChI=1S/C25H18BrClN2O4/c1-15-11-19(9-10-21(15)26)29-24(31)20(23(30)28-25(29)32)13-17-6-2-3-8-22(17)33-14-16-5-4-7-18(27)12-16/h2-13H,14H2,1H3,(H,28,30,32)/b20-13-. The predicted molar refractivity (Wildman–Crippen MR) is 130 cm³/mol. The van der Waals surface area contributed by atoms with Gasteiger partial charge in [0.1, 0.15) is 17.9 Å². The first-order valence-corrected chi connectivity index (χ1v) is 11.1. The Hall–Kier alpha value is -3.42. The van der Waals surface area contributed by atoms with E-state index in [2.05, 4.69) is 21.2 Å². The Balaban J connectivity index is 1.65. The number of ether oxygens (including phenoxy) is 1. The Labute approximate surface area is 203 Å². The molecule has 6 nitrogen and oxygen atoms in total. The average Bonchev–Trinajstić information content (AvgIpc) is 2.78. The largest absolute Gasteiger partial charge is 0.488 e. The van der Waals surface area contributed by atoms with Crippen molar-refractivity contribution in [3.8, 4) is 5.75 Å². The van der Waals surface area contributed by atoms with E-state index in [1.54, 1.807) is 54.6 Å². The van der Waals surface area contributed by atoms with Crippen LogP contribution in [0.5, 0.6) is 5.75 Å². The number of carbonyl (C=O) groups is 3. The summed E-state index contributed by atoms with van der Waals surface area (Å²) in [5.74, 6) is -0.997. The summed E-state index contributed by atoms with van der Waals surface area (Å²) < 4.78 is 6.76. The van der Waals surface area contributed by atoms with Crippen molar-refractivity contribution in [2.24, 2.45) is 0 Å². The molecule has 3 aromatic carbocycles. The number of barbiturate groups is 1. The molecule has 0 aliphatic carbocycles. The van der Waals surface area contributed by atoms with Crippen LogP contribution in [0.4, 0.5) is 10.5 Å². The molecule has 33 heavy (non-hydrogen) atoms. The fourth-order valence-electron chi connectivity index (χ4n) is 3.33. The first-order valence-electron chi connectivity index (χ1n) is 9.97. The molecule has 4 rings (SSSR count). The maximum atomic E-state index is 13.2. The number of nitrogens with one attached hydrogen (secondary N) is 1. The third-order valence-corrected chi connectivity index (χ3v) is 6.13. The molecule has 0 aromatic heterocycles. The Morgan fingerprint density at radius 2 is 1.82 bits per heavy atom. The van der Waals surface area contributed by atoms with Crippen LogP contribution < -0.4 is 15.0 Å². The highest BCUT2D eigenvalue weighted by molar-refractivity contribution is 9.10. The van der Waals surface area contributed by atoms with Crippen LogP contribution in [0.25, 0.3) is 6.08 Å². The zero-order valence-corrected chi connectivity index (χ0v) is 19.8. The Kier molecular flexibility index (Phi) is 6.62. The number of nitrogens with zero attached hydrogens (tertiary/aromatic N) is 1. The van der Waals surface area contributed by atoms with Crippen LogP contribution in [0.3, 0.4) is 0 Å². The summed E-state index contributed by atoms with van der Waals surface area (Å²) in [4.78, 5) is 39.1. The van der Waals surface area contributed by atoms with Gasteiger partial charge in [-0.05, 0) is 60.5 Å². The van der Waals surface area contributed by atoms with E-state index < -0.39 is 17.8 Å². The van der Waals surface area contributed by atoms with Gasteiger partial charge < -0.3 is 4.74 Å². The zero-order chi connectivity index (χ0) is 23.5. The molecule has 3 aromatic rings. The lowest BCUT2D eigenvalue weighted by Gasteiger charge is -2.26. The molecule has 166 valence electrons. The molecule has 1 aliphatic rings. The molecule has 0 spiro atoms. The molecule has 0 saturated carbocycles. The van der Waals surface area contributed by atoms with Gasteiger partial charge >= 0.3 is 6.03 Å². The Morgan fingerprint density at radius 3 is 2.58 bits per heavy atom. The SMILES string of the molecule is Cc1cc(N2C(=O)NC(=O)/C(=C/c3ccccc3OCc3cccc(Cl)c3)C2=O)ccc1Br. The van der Waals surface area contributed by atoms with Crippen LogP contribution in [0.1, 0.15) is 16.7 Å². The van der Waals surface area contributed by atoms with Gasteiger partial charge in [0.05, 0.1) is 5.69 Å². The fraction of sp³-hybridized carbons (Fsp3) is 0.0800. The van der Waals surface area contributed by atoms with Crippen molar-refractivity contribution in [2.45, 2.75) is 13.5 Å². The van der Waals surface area contributed by atoms with Gasteiger partial charge in [-0.1, -0.05) is 57.9 Å². The van der Waals surface area contributed by atoms with E-state index in [0.717, 1.165) is 20.5 Å². The number of imide groups is 2. The van der Waals surface area contributed by atoms with E-state index in [0.29, 0.717) is 22.0 Å². The van der Waals surface area contributed by atoms with E-state index >= 15 is 0 Å². The van der Waals surface area contributed by atoms with E-state index in [-0.39, 0.29) is 12.2 Å². The molecule has 1 fully saturated rings. The topological polar surface area (TPSA) is 75.7 Å². The molecule has 0 radical (unpaired) electrons. The first kappa shape index (κ1) is 22.8. The van der Waals surface area contributed by atoms with E-state index in [9.17, 15) is 14.4 Å². The van der Waals surface area contributed by atoms with E-state index in [1.807, 2.05) is 19.1 Å². The molecular formula is C25H18BrClN2O4. The summed E-state index contributed by atoms with van der Waals surface area (Å²) in [6.07, 6.45) is 1.43. The van der Waals surface area contributed by atoms with Crippen molar-refractivity contribution in [1.82, 2.24) is 5.32 Å². The van der Waals surface area contributed by atoms with Crippen LogP contribution in [0.2, 0.25) is 5.02 Å². The number of carbonyl (C=O) groups excluding carboxylic acids is 3. The van der Waals surface area contributed by atoms with Gasteiger partial charge in [-0.25, -0.2) is 9.69 Å². The number of benzene rings is 3. The lowest BCUT2D eigenvalue weighted by Crippen LogP contribution is -2.54. The predicted octanol–water partition coefficient (Wildman–Crippen LogP) is 5.66. The summed E-state index contributed by atoms with van der Waals surface area (Å²) in [6.45, 7) is 2.10. The Morgan fingerprint density at radius 1 is 1.03 bits per heavy atom. The number of hydrogen-bond donors (Lipinski definition) is 1. The second-order valence-corrected chi connectivity index (χ2v) is 8.64. The number of aryl methyl sites for hydroxylation is 1. The molecule has 8 heteroatoms. The van der Waals surface area contributed by atoms with Crippen LogP contribution in [0.15, 0.2) is 76.8 Å². The monoisotopic (exact) mass is 524 g/mol. The number of hydrogen-bond acceptors (Lipinski definition) is 4. The quantitative estimate of drug-likeness (QED) is 0.345. The lowest BCUT2D eigenvalue weighted by atomic mass is 10.1. The first-order chi connectivity index (χ1) is 15.8. The maximum Gasteiger partial charge on any atom is 0.335 e. The van der Waals surface area contributed by atoms with Crippen LogP contribution in [-0.4, -0.2) is 17.8 Å². The van der Waals surface area contributed by atoms with Crippen LogP contribution in [0, 0.1) is 6.92 Å². The minimum absolute atomic E-state index is 0.172. The fourth-order valence-corrected chi connectivity index (χ4v) is 3.79. The highest BCUT2D eigenvalue weighted by Gasteiger charge is 2.37. The van der Waals surface area contributed by atoms with Gasteiger partial charge in [-0.2, -0.15) is 0 Å². The molecule has 1 heterocycles. The molecule has 4 amide bonds. The molecule has 0 bridgehead atoms. The second kappa shape index (κ2) is 9.60. The Bertz CT molecular complexity index is 1310. The maximum absolute atomic E-state index is 13.2.